The molecule has 152 valence electrons. The minimum atomic E-state index is -0.471. The number of piperazine rings is 1. The lowest BCUT2D eigenvalue weighted by atomic mass is 10.2. The van der Waals surface area contributed by atoms with Crippen LogP contribution in [0.1, 0.15) is 27.7 Å². The summed E-state index contributed by atoms with van der Waals surface area (Å²) in [5, 5.41) is 14.2. The molecule has 1 amide bonds. The van der Waals surface area contributed by atoms with E-state index in [1.165, 1.54) is 6.33 Å². The van der Waals surface area contributed by atoms with Crippen LogP contribution in [0.3, 0.4) is 0 Å². The van der Waals surface area contributed by atoms with Crippen LogP contribution < -0.4 is 5.32 Å². The van der Waals surface area contributed by atoms with E-state index in [0.717, 1.165) is 25.0 Å². The molecule has 2 N–H and O–H groups in total. The molecule has 1 fully saturated rings. The average molecular weight is 387 g/mol. The number of phenols is 1. The maximum Gasteiger partial charge on any atom is 0.410 e. The van der Waals surface area contributed by atoms with Crippen molar-refractivity contribution in [3.63, 3.8) is 0 Å². The molecule has 1 saturated heterocycles. The first-order chi connectivity index (χ1) is 13.2. The molecule has 0 radical (unpaired) electrons. The number of carbonyl (C=O) groups is 1. The summed E-state index contributed by atoms with van der Waals surface area (Å²) >= 11 is 0. The number of aromatic hydroxyl groups is 1. The summed E-state index contributed by atoms with van der Waals surface area (Å²) in [7, 11) is 0. The number of hydrogen-bond donors (Lipinski definition) is 2. The Morgan fingerprint density at radius 1 is 1.25 bits per heavy atom. The van der Waals surface area contributed by atoms with Crippen molar-refractivity contribution < 1.29 is 14.6 Å². The highest BCUT2D eigenvalue weighted by atomic mass is 16.6. The first-order valence-electron chi connectivity index (χ1n) is 9.62. The molecule has 1 aliphatic rings. The van der Waals surface area contributed by atoms with Crippen molar-refractivity contribution in [3.05, 3.63) is 24.5 Å². The van der Waals surface area contributed by atoms with Crippen LogP contribution in [-0.4, -0.2) is 75.3 Å². The number of aromatic nitrogens is 2. The van der Waals surface area contributed by atoms with Crippen molar-refractivity contribution in [1.82, 2.24) is 19.8 Å². The topological polar surface area (TPSA) is 90.8 Å². The van der Waals surface area contributed by atoms with E-state index in [1.807, 2.05) is 26.8 Å². The fourth-order valence-electron chi connectivity index (χ4n) is 3.29. The second kappa shape index (κ2) is 8.18. The number of amides is 1. The predicted octanol–water partition coefficient (Wildman–Crippen LogP) is 2.69. The van der Waals surface area contributed by atoms with Gasteiger partial charge in [-0.2, -0.15) is 0 Å². The second-order valence-electron chi connectivity index (χ2n) is 8.21. The van der Waals surface area contributed by atoms with E-state index in [2.05, 4.69) is 27.1 Å². The molecule has 1 atom stereocenters. The van der Waals surface area contributed by atoms with Gasteiger partial charge in [-0.25, -0.2) is 14.8 Å². The molecule has 8 heteroatoms. The molecule has 8 nitrogen and oxygen atoms in total. The van der Waals surface area contributed by atoms with Gasteiger partial charge in [0.15, 0.2) is 0 Å². The third-order valence-electron chi connectivity index (χ3n) is 4.58. The average Bonchev–Trinajstić information content (AvgIpc) is 2.62. The lowest BCUT2D eigenvalue weighted by Crippen LogP contribution is -2.51. The van der Waals surface area contributed by atoms with E-state index in [4.69, 9.17) is 4.74 Å². The summed E-state index contributed by atoms with van der Waals surface area (Å²) in [6, 6.07) is 5.44. The number of rotatable bonds is 4. The van der Waals surface area contributed by atoms with Gasteiger partial charge in [-0.15, -0.1) is 0 Å². The summed E-state index contributed by atoms with van der Waals surface area (Å²) in [6.07, 6.45) is 1.21. The van der Waals surface area contributed by atoms with Crippen LogP contribution in [0.4, 0.5) is 10.6 Å². The Morgan fingerprint density at radius 2 is 1.96 bits per heavy atom. The zero-order chi connectivity index (χ0) is 20.3. The first kappa shape index (κ1) is 20.1. The lowest BCUT2D eigenvalue weighted by molar-refractivity contribution is 0.0144. The van der Waals surface area contributed by atoms with E-state index in [9.17, 15) is 9.90 Å². The lowest BCUT2D eigenvalue weighted by Gasteiger charge is -2.36. The molecule has 1 aromatic carbocycles. The van der Waals surface area contributed by atoms with Gasteiger partial charge in [0.05, 0.1) is 0 Å². The number of ether oxygens (including phenoxy) is 1. The fourth-order valence-corrected chi connectivity index (χ4v) is 3.29. The van der Waals surface area contributed by atoms with Crippen molar-refractivity contribution >= 4 is 22.8 Å². The third-order valence-corrected chi connectivity index (χ3v) is 4.58. The highest BCUT2D eigenvalue weighted by Gasteiger charge is 2.26. The van der Waals surface area contributed by atoms with Gasteiger partial charge in [0.2, 0.25) is 0 Å². The number of para-hydroxylation sites is 1. The molecular weight excluding hydrogens is 358 g/mol. The molecule has 0 saturated carbocycles. The van der Waals surface area contributed by atoms with Crippen LogP contribution in [0, 0.1) is 0 Å². The summed E-state index contributed by atoms with van der Waals surface area (Å²) in [4.78, 5) is 24.7. The summed E-state index contributed by atoms with van der Waals surface area (Å²) in [5.74, 6) is 0.856. The number of benzene rings is 1. The van der Waals surface area contributed by atoms with Gasteiger partial charge in [0.1, 0.15) is 29.0 Å². The van der Waals surface area contributed by atoms with Gasteiger partial charge < -0.3 is 20.1 Å². The van der Waals surface area contributed by atoms with E-state index < -0.39 is 5.60 Å². The van der Waals surface area contributed by atoms with Gasteiger partial charge in [-0.05, 0) is 39.8 Å². The minimum Gasteiger partial charge on any atom is -0.506 e. The van der Waals surface area contributed by atoms with E-state index in [-0.39, 0.29) is 17.9 Å². The largest absolute Gasteiger partial charge is 0.506 e. The van der Waals surface area contributed by atoms with Crippen molar-refractivity contribution in [2.45, 2.75) is 39.3 Å². The van der Waals surface area contributed by atoms with Crippen LogP contribution >= 0.6 is 0 Å². The van der Waals surface area contributed by atoms with Gasteiger partial charge in [-0.3, -0.25) is 4.90 Å². The zero-order valence-electron chi connectivity index (χ0n) is 17.0. The van der Waals surface area contributed by atoms with Gasteiger partial charge >= 0.3 is 6.09 Å². The Balaban J connectivity index is 1.54. The highest BCUT2D eigenvalue weighted by Crippen LogP contribution is 2.26. The number of nitrogens with zero attached hydrogens (tertiary/aromatic N) is 4. The molecule has 2 aromatic rings. The van der Waals surface area contributed by atoms with Crippen LogP contribution in [0.5, 0.6) is 5.75 Å². The van der Waals surface area contributed by atoms with E-state index in [1.54, 1.807) is 17.0 Å². The number of hydrogen-bond acceptors (Lipinski definition) is 7. The standard InChI is InChI=1S/C20H29N5O3/c1-14(23-18-15-6-5-7-16(26)17(15)21-13-22-18)12-24-8-10-25(11-9-24)19(27)28-20(2,3)4/h5-7,13-14,26H,8-12H2,1-4H3,(H,21,22,23)/t14-/m0/s1. The second-order valence-corrected chi connectivity index (χ2v) is 8.21. The van der Waals surface area contributed by atoms with Crippen LogP contribution in [0.2, 0.25) is 0 Å². The van der Waals surface area contributed by atoms with Crippen LogP contribution in [0.15, 0.2) is 24.5 Å². The van der Waals surface area contributed by atoms with Gasteiger partial charge in [0, 0.05) is 44.2 Å². The maximum atomic E-state index is 12.2. The van der Waals surface area contributed by atoms with Gasteiger partial charge in [-0.1, -0.05) is 6.07 Å². The fraction of sp³-hybridized carbons (Fsp3) is 0.550. The molecule has 0 spiro atoms. The molecule has 0 bridgehead atoms. The number of carbonyl (C=O) groups excluding carboxylic acids is 1. The number of fused-ring (bicyclic) bond motifs is 1. The maximum absolute atomic E-state index is 12.2. The summed E-state index contributed by atoms with van der Waals surface area (Å²) in [5.41, 5.74) is 0.0691. The summed E-state index contributed by atoms with van der Waals surface area (Å²) < 4.78 is 5.44. The molecule has 1 aliphatic heterocycles. The Kier molecular flexibility index (Phi) is 5.88. The monoisotopic (exact) mass is 387 g/mol. The quantitative estimate of drug-likeness (QED) is 0.833. The molecule has 3 rings (SSSR count). The van der Waals surface area contributed by atoms with Crippen LogP contribution in [0.25, 0.3) is 10.9 Å². The van der Waals surface area contributed by atoms with Crippen molar-refractivity contribution in [2.75, 3.05) is 38.0 Å². The SMILES string of the molecule is C[C@@H](CN1CCN(C(=O)OC(C)(C)C)CC1)Nc1ncnc2c(O)cccc12. The molecular formula is C20H29N5O3. The molecule has 2 heterocycles. The van der Waals surface area contributed by atoms with Crippen molar-refractivity contribution in [2.24, 2.45) is 0 Å². The van der Waals surface area contributed by atoms with Gasteiger partial charge in [0.25, 0.3) is 0 Å². The third kappa shape index (κ3) is 5.01. The van der Waals surface area contributed by atoms with E-state index in [0.29, 0.717) is 24.4 Å². The molecule has 0 aliphatic carbocycles. The smallest absolute Gasteiger partial charge is 0.410 e. The van der Waals surface area contributed by atoms with Crippen LogP contribution in [-0.2, 0) is 4.74 Å². The van der Waals surface area contributed by atoms with E-state index >= 15 is 0 Å². The predicted molar refractivity (Wildman–Crippen MR) is 109 cm³/mol. The Bertz CT molecular complexity index is 828. The Labute approximate surface area is 165 Å². The minimum absolute atomic E-state index is 0.147. The molecule has 1 aromatic heterocycles. The van der Waals surface area contributed by atoms with Crippen molar-refractivity contribution in [3.8, 4) is 5.75 Å². The molecule has 28 heavy (non-hydrogen) atoms. The number of anilines is 1. The number of phenolic OH excluding ortho intramolecular Hbond substituents is 1. The summed E-state index contributed by atoms with van der Waals surface area (Å²) in [6.45, 7) is 11.5. The Hall–Kier alpha value is -2.61. The van der Waals surface area contributed by atoms with Crippen molar-refractivity contribution in [1.29, 1.82) is 0 Å². The highest BCUT2D eigenvalue weighted by molar-refractivity contribution is 5.92. The molecule has 0 unspecified atom stereocenters. The normalized spacial score (nSPS) is 16.8. The Morgan fingerprint density at radius 3 is 2.64 bits per heavy atom. The number of nitrogens with one attached hydrogen (secondary N) is 1. The zero-order valence-corrected chi connectivity index (χ0v) is 17.0. The first-order valence-corrected chi connectivity index (χ1v) is 9.62.